The minimum absolute atomic E-state index is 0. The molecule has 2 radical (unpaired) electrons. The highest BCUT2D eigenvalue weighted by Gasteiger charge is 2.68. The Bertz CT molecular complexity index is 5640. The Morgan fingerprint density at radius 1 is 0.428 bits per heavy atom. The molecular weight excluding hydrogens is 1700 g/mol. The van der Waals surface area contributed by atoms with Crippen LogP contribution in [-0.2, 0) is 92.7 Å². The number of carbonyl (C=O) groups is 4. The first kappa shape index (κ1) is 100. The van der Waals surface area contributed by atoms with Gasteiger partial charge >= 0.3 is 0 Å². The standard InChI is InChI=1S/C29H37NO2.C29H33NO2.C22H30O3.C22H28O2.C21H28O.CH3B.CH4/c2*1-3-5-18-8-10-23-20(14-18)9-11-25-24(23)12-13-29(2)26(25)17-22(27(29)31)16-19-6-4-7-21(15-19)28(30)32;1-21-9-6-18-17-4-2-15(8-11-23)14-16(17)3-5-19(18)20(21)7-10-22(21)24-12-13-25-22;1-3-15-4-6-17-16(14-15)5-7-19-18(17)8-10-21(2)20(19)9-11-22(21)23-12-13-24-22;1-3-4-14-5-7-16-15(13-14)6-8-18-17(16)11-12-21(2)19(18)9-10-20(21)22;1-2;/h4,6-8,10,14-15,22,24-27,31H,3,5,9,11-13,16-17H2,1-2H3,(H2,30,32);4,6-8,10,14-16,24-26H,3,5,9,11-13,17H2,1-2H3,(H2,30,32);2,4,14,18-20,23H,3,5-13H2,1H3;3-4,6,14,18-20H,1,5,7-13H2,2H3;5,7,13,17-19H,3-4,6,8-12H2,1-2H3;1H3;1H4/b;22-16+;;;;;/t22-,24+,25+,26-,27-,29-;24-,25-,26+,29+;2*18-,19-,20+,21+;17-,18-,19+,21+;;/m01111../s1. The van der Waals surface area contributed by atoms with Gasteiger partial charge in [-0.05, 0) is 423 Å². The third kappa shape index (κ3) is 18.0. The molecule has 0 aromatic heterocycles. The first-order valence-corrected chi connectivity index (χ1v) is 54.5. The zero-order chi connectivity index (χ0) is 95.7. The average molecular weight is 1860 g/mol. The van der Waals surface area contributed by atoms with E-state index in [4.69, 9.17) is 30.4 Å². The fraction of sp³-hybridized carbons (Fsp3) is 0.600. The number of carbonyl (C=O) groups excluding carboxylic acids is 4. The fourth-order valence-electron chi connectivity index (χ4n) is 33.7. The number of hydrogen-bond donors (Lipinski definition) is 4. The predicted molar refractivity (Wildman–Crippen MR) is 558 cm³/mol. The van der Waals surface area contributed by atoms with Crippen LogP contribution in [-0.4, -0.2) is 92.2 Å². The molecule has 2 saturated heterocycles. The largest absolute Gasteiger partial charge is 0.396 e. The molecule has 22 atom stereocenters. The molecule has 0 unspecified atom stereocenters. The van der Waals surface area contributed by atoms with Crippen molar-refractivity contribution in [3.8, 4) is 0 Å². The number of aryl methyl sites for hydroxylation is 8. The number of primary amides is 2. The van der Waals surface area contributed by atoms with Crippen LogP contribution in [0.15, 0.2) is 152 Å². The highest BCUT2D eigenvalue weighted by molar-refractivity contribution is 6.06. The summed E-state index contributed by atoms with van der Waals surface area (Å²) in [5.74, 6) is 9.86. The number of Topliss-reactive ketones (excluding diaryl/α,β-unsaturated/α-hetero) is 2. The van der Waals surface area contributed by atoms with Crippen molar-refractivity contribution in [3.05, 3.63) is 257 Å². The lowest BCUT2D eigenvalue weighted by Crippen LogP contribution is -2.51. The van der Waals surface area contributed by atoms with Gasteiger partial charge in [0, 0.05) is 58.7 Å². The van der Waals surface area contributed by atoms with Gasteiger partial charge in [0.2, 0.25) is 11.8 Å². The van der Waals surface area contributed by atoms with Crippen molar-refractivity contribution in [2.24, 2.45) is 104 Å². The van der Waals surface area contributed by atoms with Crippen molar-refractivity contribution < 1.29 is 48.3 Å². The van der Waals surface area contributed by atoms with Gasteiger partial charge in [-0.1, -0.05) is 217 Å². The Morgan fingerprint density at radius 2 is 0.833 bits per heavy atom. The SMILES string of the molecule is C.C=Cc1ccc2c(c1)CC[C@@H]1[C@@H]2CC[C@@]2(C)[C@H]1CCC21OCCO1.CCCc1ccc2c(c1)CC[C@@H]1[C@@H]2CC[C@]2(C)C(=O)/C(=C/c3cccc(C(N)=O)c3)C[C@@H]12.CCCc1ccc2c(c1)CC[C@@H]1[C@@H]2CC[C@]2(C)C(=O)CC[C@@H]12.CCCc1ccc2c(c1)CC[C@@H]1[C@@H]2CC[C@]2(C)[C@@H](O)[C@@H](Cc3cccc(C(N)=O)c3)C[C@@H]12.C[C@]12CC[C@@H]3c4ccc(CCO)cc4CC[C@H]3[C@@H]1CCC21OCCO1.[B]C. The Labute approximate surface area is 828 Å². The summed E-state index contributed by atoms with van der Waals surface area (Å²) < 4.78 is 24.9. The van der Waals surface area contributed by atoms with E-state index in [0.717, 1.165) is 174 Å². The van der Waals surface area contributed by atoms with E-state index >= 15 is 0 Å². The smallest absolute Gasteiger partial charge is 0.248 e. The number of amides is 2. The summed E-state index contributed by atoms with van der Waals surface area (Å²) >= 11 is 0. The molecule has 17 aliphatic rings. The molecule has 13 heteroatoms. The number of rotatable bonds is 14. The molecule has 15 aliphatic carbocycles. The molecule has 0 bridgehead atoms. The molecule has 7 aromatic rings. The van der Waals surface area contributed by atoms with Gasteiger partial charge in [0.05, 0.1) is 40.4 Å². The minimum Gasteiger partial charge on any atom is -0.396 e. The second kappa shape index (κ2) is 41.1. The van der Waals surface area contributed by atoms with Gasteiger partial charge in [0.1, 0.15) is 5.78 Å². The zero-order valence-corrected chi connectivity index (χ0v) is 84.3. The lowest BCUT2D eigenvalue weighted by molar-refractivity contribution is -0.237. The summed E-state index contributed by atoms with van der Waals surface area (Å²) in [6.45, 7) is 27.3. The van der Waals surface area contributed by atoms with Crippen LogP contribution in [0.5, 0.6) is 0 Å². The molecule has 2 amide bonds. The summed E-state index contributed by atoms with van der Waals surface area (Å²) in [4.78, 5) is 49.1. The summed E-state index contributed by atoms with van der Waals surface area (Å²) in [5.41, 5.74) is 37.9. The highest BCUT2D eigenvalue weighted by atomic mass is 16.7. The number of allylic oxidation sites excluding steroid dienone is 1. The third-order valence-corrected chi connectivity index (χ3v) is 40.4. The first-order valence-electron chi connectivity index (χ1n) is 54.5. The number of nitrogens with two attached hydrogens (primary N) is 2. The van der Waals surface area contributed by atoms with Gasteiger partial charge in [0.25, 0.3) is 0 Å². The first-order chi connectivity index (χ1) is 66.3. The van der Waals surface area contributed by atoms with Crippen molar-refractivity contribution in [2.45, 2.75) is 348 Å². The predicted octanol–water partition coefficient (Wildman–Crippen LogP) is 25.9. The van der Waals surface area contributed by atoms with Crippen molar-refractivity contribution in [1.29, 1.82) is 0 Å². The van der Waals surface area contributed by atoms with Crippen molar-refractivity contribution in [3.63, 3.8) is 0 Å². The van der Waals surface area contributed by atoms with Gasteiger partial charge in [0.15, 0.2) is 17.4 Å². The van der Waals surface area contributed by atoms with E-state index in [0.29, 0.717) is 70.0 Å². The monoisotopic (exact) mass is 1860 g/mol. The molecule has 2 spiro atoms. The number of aliphatic hydroxyl groups is 2. The lowest BCUT2D eigenvalue weighted by Gasteiger charge is -2.52. The van der Waals surface area contributed by atoms with Crippen LogP contribution in [0, 0.1) is 92.2 Å². The van der Waals surface area contributed by atoms with Gasteiger partial charge in [-0.3, -0.25) is 19.2 Å². The van der Waals surface area contributed by atoms with Crippen molar-refractivity contribution in [2.75, 3.05) is 33.0 Å². The maximum absolute atomic E-state index is 13.6. The molecule has 6 N–H and O–H groups in total. The number of benzene rings is 7. The fourth-order valence-corrected chi connectivity index (χ4v) is 33.7. The van der Waals surface area contributed by atoms with E-state index in [9.17, 15) is 29.4 Å². The molecule has 7 aromatic carbocycles. The molecule has 12 nitrogen and oxygen atoms in total. The van der Waals surface area contributed by atoms with Gasteiger partial charge in [-0.25, -0.2) is 0 Å². The Hall–Kier alpha value is -7.88. The van der Waals surface area contributed by atoms with Crippen molar-refractivity contribution >= 4 is 43.4 Å². The maximum Gasteiger partial charge on any atom is 0.248 e. The van der Waals surface area contributed by atoms with Crippen LogP contribution < -0.4 is 11.5 Å². The van der Waals surface area contributed by atoms with Crippen molar-refractivity contribution in [1.82, 2.24) is 0 Å². The van der Waals surface area contributed by atoms with Gasteiger partial charge < -0.3 is 40.6 Å². The number of fused-ring (bicyclic) bond motifs is 27. The second-order valence-electron chi connectivity index (χ2n) is 46.8. The van der Waals surface area contributed by atoms with E-state index < -0.39 is 5.91 Å². The number of hydrogen-bond acceptors (Lipinski definition) is 10. The molecule has 138 heavy (non-hydrogen) atoms. The highest BCUT2D eigenvalue weighted by Crippen LogP contribution is 2.70. The molecule has 12 fully saturated rings. The van der Waals surface area contributed by atoms with E-state index in [-0.39, 0.29) is 70.6 Å². The van der Waals surface area contributed by atoms with E-state index in [1.54, 1.807) is 68.3 Å². The third-order valence-electron chi connectivity index (χ3n) is 40.4. The van der Waals surface area contributed by atoms with E-state index in [1.165, 1.54) is 181 Å². The Kier molecular flexibility index (Phi) is 29.8. The molecule has 24 rings (SSSR count). The van der Waals surface area contributed by atoms with Crippen LogP contribution in [0.1, 0.15) is 375 Å². The summed E-state index contributed by atoms with van der Waals surface area (Å²) in [6.07, 6.45) is 45.1. The maximum atomic E-state index is 13.6. The molecule has 2 aliphatic heterocycles. The van der Waals surface area contributed by atoms with Gasteiger partial charge in [-0.2, -0.15) is 0 Å². The zero-order valence-electron chi connectivity index (χ0n) is 84.3. The minimum atomic E-state index is -0.436. The van der Waals surface area contributed by atoms with Crippen LogP contribution in [0.2, 0.25) is 6.82 Å². The second-order valence-corrected chi connectivity index (χ2v) is 46.8. The topological polar surface area (TPSA) is 198 Å². The van der Waals surface area contributed by atoms with E-state index in [1.807, 2.05) is 36.4 Å². The van der Waals surface area contributed by atoms with Gasteiger partial charge in [-0.15, -0.1) is 0 Å². The van der Waals surface area contributed by atoms with Crippen LogP contribution in [0.25, 0.3) is 12.2 Å². The Balaban J connectivity index is 0.000000115. The number of aliphatic hydroxyl groups excluding tert-OH is 2. The number of ether oxygens (including phenoxy) is 4. The van der Waals surface area contributed by atoms with Crippen LogP contribution in [0.4, 0.5) is 0 Å². The summed E-state index contributed by atoms with van der Waals surface area (Å²) in [5, 5.41) is 20.7. The van der Waals surface area contributed by atoms with E-state index in [2.05, 4.69) is 167 Å². The van der Waals surface area contributed by atoms with Crippen LogP contribution in [0.3, 0.4) is 0 Å². The summed E-state index contributed by atoms with van der Waals surface area (Å²) in [6, 6.07) is 50.6. The Morgan fingerprint density at radius 3 is 1.29 bits per heavy atom. The molecule has 2 heterocycles. The van der Waals surface area contributed by atoms with Crippen LogP contribution >= 0.6 is 0 Å². The molecule has 10 saturated carbocycles. The molecule has 736 valence electrons. The lowest BCUT2D eigenvalue weighted by atomic mass is 9.55. The number of ketones is 2. The summed E-state index contributed by atoms with van der Waals surface area (Å²) in [7, 11) is 4.50. The average Bonchev–Trinajstić information content (AvgIpc) is 1.54. The normalized spacial score (nSPS) is 34.3. The molecular formula is C125H163BN2O10. The quantitative estimate of drug-likeness (QED) is 0.0600.